The van der Waals surface area contributed by atoms with E-state index in [4.69, 9.17) is 0 Å². The lowest BCUT2D eigenvalue weighted by atomic mass is 9.88. The van der Waals surface area contributed by atoms with Crippen LogP contribution in [0.25, 0.3) is 0 Å². The molecule has 0 aliphatic carbocycles. The quantitative estimate of drug-likeness (QED) is 0.804. The van der Waals surface area contributed by atoms with E-state index in [9.17, 15) is 9.59 Å². The number of aryl methyl sites for hydroxylation is 1. The van der Waals surface area contributed by atoms with E-state index in [0.717, 1.165) is 0 Å². The first-order valence-electron chi connectivity index (χ1n) is 6.24. The van der Waals surface area contributed by atoms with Crippen LogP contribution in [0, 0.1) is 12.8 Å². The highest BCUT2D eigenvalue weighted by Gasteiger charge is 2.47. The Balaban J connectivity index is 1.99. The molecule has 0 unspecified atom stereocenters. The van der Waals surface area contributed by atoms with Gasteiger partial charge in [-0.1, -0.05) is 0 Å². The molecule has 1 aliphatic rings. The molecular formula is C12H19N5O2. The van der Waals surface area contributed by atoms with Crippen molar-refractivity contribution in [2.75, 3.05) is 7.05 Å². The molecule has 2 heterocycles. The fraction of sp³-hybridized carbons (Fsp3) is 0.667. The lowest BCUT2D eigenvalue weighted by Crippen LogP contribution is -2.46. The van der Waals surface area contributed by atoms with Crippen molar-refractivity contribution in [3.05, 3.63) is 11.6 Å². The van der Waals surface area contributed by atoms with Crippen LogP contribution in [-0.4, -0.2) is 44.5 Å². The van der Waals surface area contributed by atoms with E-state index in [2.05, 4.69) is 20.5 Å². The summed E-state index contributed by atoms with van der Waals surface area (Å²) in [5.74, 6) is 0.774. The number of hydrogen-bond donors (Lipinski definition) is 2. The summed E-state index contributed by atoms with van der Waals surface area (Å²) in [6, 6.07) is 0. The number of hydrogen-bond acceptors (Lipinski definition) is 4. The highest BCUT2D eigenvalue weighted by molar-refractivity contribution is 5.90. The number of likely N-dealkylation sites (tertiary alicyclic amines) is 1. The zero-order valence-electron chi connectivity index (χ0n) is 11.6. The summed E-state index contributed by atoms with van der Waals surface area (Å²) < 4.78 is 0. The van der Waals surface area contributed by atoms with Crippen LogP contribution in [0.3, 0.4) is 0 Å². The average molecular weight is 265 g/mol. The van der Waals surface area contributed by atoms with Gasteiger partial charge in [0.2, 0.25) is 11.8 Å². The standard InChI is InChI=1S/C12H19N5O2/c1-7-14-9(16-15-7)6-13-11(19)8-5-10(18)17(4)12(8,2)3/h8H,5-6H2,1-4H3,(H,13,19)(H,14,15,16)/t8-/m0/s1. The number of carbonyl (C=O) groups is 2. The van der Waals surface area contributed by atoms with Gasteiger partial charge in [-0.2, -0.15) is 5.10 Å². The van der Waals surface area contributed by atoms with Crippen molar-refractivity contribution in [2.45, 2.75) is 39.3 Å². The second kappa shape index (κ2) is 4.64. The van der Waals surface area contributed by atoms with Gasteiger partial charge in [0.1, 0.15) is 5.82 Å². The molecule has 2 amide bonds. The van der Waals surface area contributed by atoms with Crippen LogP contribution in [0.4, 0.5) is 0 Å². The fourth-order valence-corrected chi connectivity index (χ4v) is 2.29. The van der Waals surface area contributed by atoms with E-state index < -0.39 is 5.54 Å². The number of nitrogens with one attached hydrogen (secondary N) is 2. The largest absolute Gasteiger partial charge is 0.348 e. The summed E-state index contributed by atoms with van der Waals surface area (Å²) in [4.78, 5) is 29.6. The van der Waals surface area contributed by atoms with Crippen molar-refractivity contribution in [3.8, 4) is 0 Å². The first-order chi connectivity index (χ1) is 8.82. The molecule has 0 bridgehead atoms. The summed E-state index contributed by atoms with van der Waals surface area (Å²) in [5.41, 5.74) is -0.462. The smallest absolute Gasteiger partial charge is 0.226 e. The Labute approximate surface area is 111 Å². The summed E-state index contributed by atoms with van der Waals surface area (Å²) in [6.45, 7) is 5.87. The van der Waals surface area contributed by atoms with Crippen molar-refractivity contribution in [1.29, 1.82) is 0 Å². The number of nitrogens with zero attached hydrogens (tertiary/aromatic N) is 3. The second-order valence-electron chi connectivity index (χ2n) is 5.42. The van der Waals surface area contributed by atoms with Gasteiger partial charge in [-0.15, -0.1) is 0 Å². The van der Waals surface area contributed by atoms with Gasteiger partial charge in [0.25, 0.3) is 0 Å². The molecule has 0 radical (unpaired) electrons. The summed E-state index contributed by atoms with van der Waals surface area (Å²) in [7, 11) is 1.73. The molecule has 1 saturated heterocycles. The molecule has 0 saturated carbocycles. The molecule has 2 N–H and O–H groups in total. The Kier molecular flexibility index (Phi) is 3.30. The minimum atomic E-state index is -0.462. The SMILES string of the molecule is Cc1nc(CNC(=O)[C@@H]2CC(=O)N(C)C2(C)C)n[nH]1. The molecule has 19 heavy (non-hydrogen) atoms. The van der Waals surface area contributed by atoms with Gasteiger partial charge in [0.15, 0.2) is 5.82 Å². The molecular weight excluding hydrogens is 246 g/mol. The van der Waals surface area contributed by atoms with Crippen LogP contribution >= 0.6 is 0 Å². The molecule has 1 fully saturated rings. The van der Waals surface area contributed by atoms with Crippen molar-refractivity contribution in [3.63, 3.8) is 0 Å². The van der Waals surface area contributed by atoms with E-state index in [0.29, 0.717) is 11.6 Å². The van der Waals surface area contributed by atoms with Crippen molar-refractivity contribution in [1.82, 2.24) is 25.4 Å². The van der Waals surface area contributed by atoms with Crippen molar-refractivity contribution in [2.24, 2.45) is 5.92 Å². The van der Waals surface area contributed by atoms with Gasteiger partial charge < -0.3 is 10.2 Å². The predicted octanol–water partition coefficient (Wildman–Crippen LogP) is -0.0138. The third-order valence-electron chi connectivity index (χ3n) is 3.85. The van der Waals surface area contributed by atoms with E-state index in [1.54, 1.807) is 18.9 Å². The van der Waals surface area contributed by atoms with E-state index >= 15 is 0 Å². The summed E-state index contributed by atoms with van der Waals surface area (Å²) in [6.07, 6.45) is 0.252. The summed E-state index contributed by atoms with van der Waals surface area (Å²) >= 11 is 0. The molecule has 1 atom stereocenters. The lowest BCUT2D eigenvalue weighted by Gasteiger charge is -2.32. The molecule has 1 aromatic heterocycles. The van der Waals surface area contributed by atoms with Crippen LogP contribution < -0.4 is 5.32 Å². The Morgan fingerprint density at radius 3 is 2.74 bits per heavy atom. The molecule has 0 spiro atoms. The number of rotatable bonds is 3. The summed E-state index contributed by atoms with van der Waals surface area (Å²) in [5, 5.41) is 9.46. The Morgan fingerprint density at radius 2 is 2.26 bits per heavy atom. The van der Waals surface area contributed by atoms with Crippen LogP contribution in [0.5, 0.6) is 0 Å². The maximum atomic E-state index is 12.2. The normalized spacial score (nSPS) is 21.8. The average Bonchev–Trinajstić information content (AvgIpc) is 2.84. The molecule has 104 valence electrons. The first-order valence-corrected chi connectivity index (χ1v) is 6.24. The molecule has 7 nitrogen and oxygen atoms in total. The van der Waals surface area contributed by atoms with Gasteiger partial charge >= 0.3 is 0 Å². The fourth-order valence-electron chi connectivity index (χ4n) is 2.29. The Morgan fingerprint density at radius 1 is 1.58 bits per heavy atom. The van der Waals surface area contributed by atoms with Gasteiger partial charge in [0, 0.05) is 19.0 Å². The molecule has 1 aromatic rings. The van der Waals surface area contributed by atoms with Crippen LogP contribution in [-0.2, 0) is 16.1 Å². The minimum Gasteiger partial charge on any atom is -0.348 e. The molecule has 1 aliphatic heterocycles. The minimum absolute atomic E-state index is 0.00103. The maximum Gasteiger partial charge on any atom is 0.226 e. The number of aromatic nitrogens is 3. The third-order valence-corrected chi connectivity index (χ3v) is 3.85. The lowest BCUT2D eigenvalue weighted by molar-refractivity contribution is -0.128. The van der Waals surface area contributed by atoms with E-state index in [1.807, 2.05) is 13.8 Å². The van der Waals surface area contributed by atoms with Crippen LogP contribution in [0.15, 0.2) is 0 Å². The zero-order valence-corrected chi connectivity index (χ0v) is 11.6. The zero-order chi connectivity index (χ0) is 14.2. The number of aromatic amines is 1. The van der Waals surface area contributed by atoms with Crippen LogP contribution in [0.2, 0.25) is 0 Å². The number of amides is 2. The second-order valence-corrected chi connectivity index (χ2v) is 5.42. The first kappa shape index (κ1) is 13.5. The predicted molar refractivity (Wildman–Crippen MR) is 67.9 cm³/mol. The Hall–Kier alpha value is -1.92. The third kappa shape index (κ3) is 2.45. The van der Waals surface area contributed by atoms with Gasteiger partial charge in [-0.25, -0.2) is 4.98 Å². The topological polar surface area (TPSA) is 91.0 Å². The van der Waals surface area contributed by atoms with E-state index in [-0.39, 0.29) is 30.7 Å². The van der Waals surface area contributed by atoms with Gasteiger partial charge in [-0.3, -0.25) is 14.7 Å². The highest BCUT2D eigenvalue weighted by Crippen LogP contribution is 2.34. The number of carbonyl (C=O) groups excluding carboxylic acids is 2. The van der Waals surface area contributed by atoms with Crippen LogP contribution in [0.1, 0.15) is 31.9 Å². The molecule has 0 aromatic carbocycles. The van der Waals surface area contributed by atoms with Gasteiger partial charge in [0.05, 0.1) is 12.5 Å². The molecule has 7 heteroatoms. The molecule has 2 rings (SSSR count). The van der Waals surface area contributed by atoms with E-state index in [1.165, 1.54) is 0 Å². The number of H-pyrrole nitrogens is 1. The van der Waals surface area contributed by atoms with Crippen molar-refractivity contribution >= 4 is 11.8 Å². The van der Waals surface area contributed by atoms with Crippen molar-refractivity contribution < 1.29 is 9.59 Å². The monoisotopic (exact) mass is 265 g/mol. The van der Waals surface area contributed by atoms with Gasteiger partial charge in [-0.05, 0) is 20.8 Å². The maximum absolute atomic E-state index is 12.2. The Bertz CT molecular complexity index is 508. The highest BCUT2D eigenvalue weighted by atomic mass is 16.2.